The maximum absolute atomic E-state index is 13.4. The van der Waals surface area contributed by atoms with E-state index >= 15 is 0 Å². The summed E-state index contributed by atoms with van der Waals surface area (Å²) in [6, 6.07) is 4.14. The molecule has 0 aromatic heterocycles. The van der Waals surface area contributed by atoms with Crippen molar-refractivity contribution < 1.29 is 28.2 Å². The van der Waals surface area contributed by atoms with E-state index in [2.05, 4.69) is 5.10 Å². The first-order chi connectivity index (χ1) is 11.0. The van der Waals surface area contributed by atoms with E-state index in [9.17, 15) is 28.2 Å². The van der Waals surface area contributed by atoms with Crippen molar-refractivity contribution in [1.29, 1.82) is 0 Å². The van der Waals surface area contributed by atoms with Gasteiger partial charge in [-0.3, -0.25) is 4.79 Å². The van der Waals surface area contributed by atoms with Gasteiger partial charge in [-0.1, -0.05) is 26.0 Å². The molecule has 1 atom stereocenters. The Labute approximate surface area is 137 Å². The summed E-state index contributed by atoms with van der Waals surface area (Å²) in [7, 11) is 0. The summed E-state index contributed by atoms with van der Waals surface area (Å²) in [4.78, 5) is 12.5. The minimum absolute atomic E-state index is 0.0173. The van der Waals surface area contributed by atoms with Crippen LogP contribution in [0.15, 0.2) is 23.3 Å². The highest BCUT2D eigenvalue weighted by molar-refractivity contribution is 6.00. The van der Waals surface area contributed by atoms with Gasteiger partial charge in [-0.25, -0.2) is 0 Å². The summed E-state index contributed by atoms with van der Waals surface area (Å²) in [5.74, 6) is -1.61. The number of hydrazone groups is 1. The van der Waals surface area contributed by atoms with Crippen molar-refractivity contribution in [3.05, 3.63) is 29.3 Å². The van der Waals surface area contributed by atoms with Gasteiger partial charge in [-0.15, -0.1) is 0 Å². The van der Waals surface area contributed by atoms with Crippen LogP contribution in [0.4, 0.5) is 13.2 Å². The van der Waals surface area contributed by atoms with Gasteiger partial charge in [0.05, 0.1) is 5.56 Å². The van der Waals surface area contributed by atoms with Gasteiger partial charge in [0.25, 0.3) is 11.6 Å². The lowest BCUT2D eigenvalue weighted by Crippen LogP contribution is -2.56. The minimum atomic E-state index is -5.08. The number of nitrogens with zero attached hydrogens (tertiary/aromatic N) is 2. The maximum Gasteiger partial charge on any atom is 0.438 e. The fraction of sp³-hybridized carbons (Fsp3) is 0.500. The molecule has 1 unspecified atom stereocenters. The number of phenols is 1. The zero-order valence-electron chi connectivity index (χ0n) is 13.6. The van der Waals surface area contributed by atoms with Crippen LogP contribution in [0.1, 0.15) is 42.6 Å². The molecule has 132 valence electrons. The van der Waals surface area contributed by atoms with Crippen LogP contribution in [-0.4, -0.2) is 38.7 Å². The third-order valence-electron chi connectivity index (χ3n) is 3.80. The highest BCUT2D eigenvalue weighted by Gasteiger charge is 2.63. The van der Waals surface area contributed by atoms with Crippen molar-refractivity contribution in [2.24, 2.45) is 11.0 Å². The number of aryl methyl sites for hydroxylation is 1. The van der Waals surface area contributed by atoms with E-state index in [0.717, 1.165) is 0 Å². The largest absolute Gasteiger partial charge is 0.507 e. The van der Waals surface area contributed by atoms with E-state index in [0.29, 0.717) is 5.56 Å². The Balaban J connectivity index is 2.48. The molecule has 0 saturated carbocycles. The number of benzene rings is 1. The fourth-order valence-electron chi connectivity index (χ4n) is 2.58. The first kappa shape index (κ1) is 18.3. The summed E-state index contributed by atoms with van der Waals surface area (Å²) < 4.78 is 40.1. The normalized spacial score (nSPS) is 21.3. The summed E-state index contributed by atoms with van der Waals surface area (Å²) in [6.45, 7) is 5.11. The van der Waals surface area contributed by atoms with Gasteiger partial charge in [0.2, 0.25) is 0 Å². The second kappa shape index (κ2) is 6.08. The molecule has 0 bridgehead atoms. The first-order valence-corrected chi connectivity index (χ1v) is 7.46. The molecular formula is C16H19F3N2O3. The van der Waals surface area contributed by atoms with Crippen LogP contribution >= 0.6 is 0 Å². The van der Waals surface area contributed by atoms with Crippen LogP contribution in [-0.2, 0) is 0 Å². The third kappa shape index (κ3) is 3.10. The van der Waals surface area contributed by atoms with E-state index in [1.807, 2.05) is 0 Å². The Hall–Kier alpha value is -2.09. The molecule has 1 aromatic carbocycles. The minimum Gasteiger partial charge on any atom is -0.507 e. The number of aromatic hydroxyl groups is 1. The second-order valence-electron chi connectivity index (χ2n) is 6.34. The van der Waals surface area contributed by atoms with E-state index in [4.69, 9.17) is 0 Å². The summed E-state index contributed by atoms with van der Waals surface area (Å²) >= 11 is 0. The Morgan fingerprint density at radius 3 is 2.58 bits per heavy atom. The molecule has 8 heteroatoms. The van der Waals surface area contributed by atoms with E-state index in [1.165, 1.54) is 25.1 Å². The number of amides is 1. The van der Waals surface area contributed by atoms with Crippen LogP contribution in [0.2, 0.25) is 0 Å². The first-order valence-electron chi connectivity index (χ1n) is 7.46. The number of carbonyl (C=O) groups is 1. The van der Waals surface area contributed by atoms with Crippen molar-refractivity contribution in [2.45, 2.75) is 45.5 Å². The van der Waals surface area contributed by atoms with Crippen molar-refractivity contribution in [2.75, 3.05) is 0 Å². The zero-order valence-corrected chi connectivity index (χ0v) is 13.6. The monoisotopic (exact) mass is 344 g/mol. The van der Waals surface area contributed by atoms with Gasteiger partial charge < -0.3 is 10.2 Å². The molecule has 1 amide bonds. The summed E-state index contributed by atoms with van der Waals surface area (Å²) in [5, 5.41) is 23.9. The van der Waals surface area contributed by atoms with Gasteiger partial charge in [-0.05, 0) is 30.9 Å². The van der Waals surface area contributed by atoms with E-state index < -0.39 is 30.0 Å². The molecule has 0 saturated heterocycles. The van der Waals surface area contributed by atoms with Crippen LogP contribution in [0, 0.1) is 12.8 Å². The molecule has 0 aliphatic carbocycles. The molecule has 5 nitrogen and oxygen atoms in total. The number of hydrogen-bond acceptors (Lipinski definition) is 4. The van der Waals surface area contributed by atoms with Crippen LogP contribution in [0.3, 0.4) is 0 Å². The molecule has 2 rings (SSSR count). The number of halogens is 3. The number of phenolic OH excluding ortho intramolecular Hbond substituents is 1. The van der Waals surface area contributed by atoms with Gasteiger partial charge in [0, 0.05) is 12.1 Å². The standard InChI is InChI=1S/C16H19F3N2O3/c1-9(2)7-11-8-15(24,16(17,18)19)21(20-11)14(23)12-6-4-5-10(3)13(12)22/h4-6,9,22,24H,7-8H2,1-3H3. The molecule has 24 heavy (non-hydrogen) atoms. The predicted octanol–water partition coefficient (Wildman–Crippen LogP) is 3.20. The van der Waals surface area contributed by atoms with Crippen LogP contribution < -0.4 is 0 Å². The highest BCUT2D eigenvalue weighted by atomic mass is 19.4. The Kier molecular flexibility index (Phi) is 4.63. The van der Waals surface area contributed by atoms with Crippen molar-refractivity contribution in [1.82, 2.24) is 5.01 Å². The van der Waals surface area contributed by atoms with Crippen molar-refractivity contribution in [3.8, 4) is 5.75 Å². The quantitative estimate of drug-likeness (QED) is 0.884. The average Bonchev–Trinajstić information content (AvgIpc) is 2.78. The Bertz CT molecular complexity index is 686. The molecule has 1 aromatic rings. The van der Waals surface area contributed by atoms with E-state index in [-0.39, 0.29) is 28.6 Å². The fourth-order valence-corrected chi connectivity index (χ4v) is 2.58. The summed E-state index contributed by atoms with van der Waals surface area (Å²) in [6.07, 6.45) is -5.65. The molecule has 0 spiro atoms. The van der Waals surface area contributed by atoms with Gasteiger partial charge in [-0.2, -0.15) is 23.3 Å². The third-order valence-corrected chi connectivity index (χ3v) is 3.80. The molecule has 0 fully saturated rings. The number of hydrogen-bond donors (Lipinski definition) is 2. The molecule has 1 heterocycles. The molecular weight excluding hydrogens is 325 g/mol. The topological polar surface area (TPSA) is 73.1 Å². The maximum atomic E-state index is 13.4. The van der Waals surface area contributed by atoms with Gasteiger partial charge >= 0.3 is 6.18 Å². The lowest BCUT2D eigenvalue weighted by atomic mass is 9.99. The zero-order chi connectivity index (χ0) is 18.3. The lowest BCUT2D eigenvalue weighted by Gasteiger charge is -2.32. The number of alkyl halides is 3. The Morgan fingerprint density at radius 1 is 1.42 bits per heavy atom. The smallest absolute Gasteiger partial charge is 0.438 e. The van der Waals surface area contributed by atoms with Crippen molar-refractivity contribution >= 4 is 11.6 Å². The molecule has 1 aliphatic rings. The molecule has 2 N–H and O–H groups in total. The number of carbonyl (C=O) groups excluding carboxylic acids is 1. The van der Waals surface area contributed by atoms with E-state index in [1.54, 1.807) is 13.8 Å². The predicted molar refractivity (Wildman–Crippen MR) is 81.5 cm³/mol. The SMILES string of the molecule is Cc1cccc(C(=O)N2N=C(CC(C)C)CC2(O)C(F)(F)F)c1O. The van der Waals surface area contributed by atoms with Gasteiger partial charge in [0.15, 0.2) is 0 Å². The number of aliphatic hydroxyl groups is 1. The number of rotatable bonds is 3. The van der Waals surface area contributed by atoms with Crippen LogP contribution in [0.5, 0.6) is 5.75 Å². The van der Waals surface area contributed by atoms with Crippen LogP contribution in [0.25, 0.3) is 0 Å². The van der Waals surface area contributed by atoms with Crippen molar-refractivity contribution in [3.63, 3.8) is 0 Å². The number of para-hydroxylation sites is 1. The molecule has 0 radical (unpaired) electrons. The summed E-state index contributed by atoms with van der Waals surface area (Å²) in [5.41, 5.74) is -3.33. The average molecular weight is 344 g/mol. The lowest BCUT2D eigenvalue weighted by molar-refractivity contribution is -0.297. The molecule has 1 aliphatic heterocycles. The Morgan fingerprint density at radius 2 is 2.04 bits per heavy atom. The second-order valence-corrected chi connectivity index (χ2v) is 6.34. The van der Waals surface area contributed by atoms with Gasteiger partial charge in [0.1, 0.15) is 5.75 Å². The highest BCUT2D eigenvalue weighted by Crippen LogP contribution is 2.42.